The predicted octanol–water partition coefficient (Wildman–Crippen LogP) is 5.35. The molecule has 1 aliphatic heterocycles. The van der Waals surface area contributed by atoms with Gasteiger partial charge in [0.05, 0.1) is 22.0 Å². The summed E-state index contributed by atoms with van der Waals surface area (Å²) in [5.41, 5.74) is 3.00. The van der Waals surface area contributed by atoms with E-state index >= 15 is 0 Å². The lowest BCUT2D eigenvalue weighted by molar-refractivity contribution is -0.142. The number of aliphatic carboxylic acids is 1. The Morgan fingerprint density at radius 3 is 2.61 bits per heavy atom. The fourth-order valence-corrected chi connectivity index (χ4v) is 3.59. The van der Waals surface area contributed by atoms with Gasteiger partial charge >= 0.3 is 5.97 Å². The van der Waals surface area contributed by atoms with Crippen LogP contribution in [0.25, 0.3) is 22.4 Å². The number of piperidine rings is 1. The second-order valence-corrected chi connectivity index (χ2v) is 6.92. The Morgan fingerprint density at radius 2 is 1.93 bits per heavy atom. The Morgan fingerprint density at radius 1 is 1.21 bits per heavy atom. The van der Waals surface area contributed by atoms with Crippen LogP contribution in [-0.2, 0) is 4.79 Å². The van der Waals surface area contributed by atoms with Crippen molar-refractivity contribution in [3.05, 3.63) is 47.2 Å². The van der Waals surface area contributed by atoms with E-state index in [1.165, 1.54) is 12.1 Å². The van der Waals surface area contributed by atoms with Gasteiger partial charge in [0.2, 0.25) is 0 Å². The molecule has 2 heterocycles. The molecule has 5 nitrogen and oxygen atoms in total. The fourth-order valence-electron chi connectivity index (χ4n) is 3.39. The number of imidazole rings is 1. The minimum atomic E-state index is -0.726. The summed E-state index contributed by atoms with van der Waals surface area (Å²) in [7, 11) is 0. The van der Waals surface area contributed by atoms with Gasteiger partial charge in [-0.3, -0.25) is 4.79 Å². The van der Waals surface area contributed by atoms with Crippen molar-refractivity contribution in [1.29, 1.82) is 0 Å². The lowest BCUT2D eigenvalue weighted by Crippen LogP contribution is -2.36. The number of aromatic amines is 1. The first-order valence-electron chi connectivity index (χ1n) is 9.44. The van der Waals surface area contributed by atoms with Gasteiger partial charge in [-0.05, 0) is 49.2 Å². The lowest BCUT2D eigenvalue weighted by atomic mass is 9.96. The highest BCUT2D eigenvalue weighted by molar-refractivity contribution is 6.33. The van der Waals surface area contributed by atoms with Gasteiger partial charge in [-0.25, -0.2) is 9.37 Å². The van der Waals surface area contributed by atoms with Gasteiger partial charge in [-0.1, -0.05) is 25.4 Å². The van der Waals surface area contributed by atoms with Crippen LogP contribution in [0.2, 0.25) is 5.02 Å². The molecular formula is C21H23ClFN3O2. The van der Waals surface area contributed by atoms with Crippen LogP contribution >= 0.6 is 11.6 Å². The summed E-state index contributed by atoms with van der Waals surface area (Å²) < 4.78 is 13.4. The Labute approximate surface area is 168 Å². The number of carboxylic acid groups (broad SMARTS) is 1. The van der Waals surface area contributed by atoms with Crippen LogP contribution in [0.15, 0.2) is 36.4 Å². The monoisotopic (exact) mass is 403 g/mol. The van der Waals surface area contributed by atoms with E-state index in [1.54, 1.807) is 6.07 Å². The summed E-state index contributed by atoms with van der Waals surface area (Å²) in [5, 5.41) is 9.69. The number of carbonyl (C=O) groups is 1. The number of anilines is 1. The first kappa shape index (κ1) is 20.1. The maximum absolute atomic E-state index is 13.4. The zero-order chi connectivity index (χ0) is 20.3. The van der Waals surface area contributed by atoms with Crippen molar-refractivity contribution >= 4 is 34.3 Å². The van der Waals surface area contributed by atoms with E-state index in [1.807, 2.05) is 32.0 Å². The average Bonchev–Trinajstić information content (AvgIpc) is 3.13. The van der Waals surface area contributed by atoms with Crippen LogP contribution in [0, 0.1) is 11.7 Å². The molecule has 0 aliphatic carbocycles. The molecule has 0 amide bonds. The van der Waals surface area contributed by atoms with E-state index in [9.17, 15) is 9.18 Å². The first-order valence-corrected chi connectivity index (χ1v) is 9.82. The van der Waals surface area contributed by atoms with E-state index < -0.39 is 5.97 Å². The van der Waals surface area contributed by atoms with Gasteiger partial charge in [0, 0.05) is 24.3 Å². The molecule has 2 N–H and O–H groups in total. The zero-order valence-electron chi connectivity index (χ0n) is 15.9. The highest BCUT2D eigenvalue weighted by atomic mass is 35.5. The van der Waals surface area contributed by atoms with E-state index in [-0.39, 0.29) is 11.7 Å². The van der Waals surface area contributed by atoms with Crippen LogP contribution < -0.4 is 4.90 Å². The van der Waals surface area contributed by atoms with E-state index in [0.29, 0.717) is 47.8 Å². The molecule has 1 aromatic heterocycles. The number of carboxylic acids is 1. The van der Waals surface area contributed by atoms with Gasteiger partial charge in [0.15, 0.2) is 0 Å². The molecule has 0 spiro atoms. The van der Waals surface area contributed by atoms with Crippen LogP contribution in [0.5, 0.6) is 0 Å². The summed E-state index contributed by atoms with van der Waals surface area (Å²) in [5.74, 6) is -0.744. The predicted molar refractivity (Wildman–Crippen MR) is 110 cm³/mol. The number of hydrogen-bond donors (Lipinski definition) is 2. The molecule has 0 bridgehead atoms. The summed E-state index contributed by atoms with van der Waals surface area (Å²) >= 11 is 6.36. The van der Waals surface area contributed by atoms with Crippen LogP contribution in [0.1, 0.15) is 26.7 Å². The van der Waals surface area contributed by atoms with Crippen molar-refractivity contribution in [2.75, 3.05) is 18.0 Å². The highest BCUT2D eigenvalue weighted by Gasteiger charge is 2.25. The summed E-state index contributed by atoms with van der Waals surface area (Å²) in [6, 6.07) is 10.1. The van der Waals surface area contributed by atoms with Crippen molar-refractivity contribution in [1.82, 2.24) is 9.97 Å². The van der Waals surface area contributed by atoms with Crippen LogP contribution in [0.4, 0.5) is 10.1 Å². The number of aromatic nitrogens is 2. The minimum absolute atomic E-state index is 0.275. The van der Waals surface area contributed by atoms with Crippen molar-refractivity contribution < 1.29 is 14.3 Å². The molecule has 1 fully saturated rings. The number of rotatable bonds is 3. The molecular weight excluding hydrogens is 381 g/mol. The Kier molecular flexibility index (Phi) is 6.19. The zero-order valence-corrected chi connectivity index (χ0v) is 16.6. The number of halogens is 2. The smallest absolute Gasteiger partial charge is 0.306 e. The maximum atomic E-state index is 13.4. The number of nitrogens with zero attached hydrogens (tertiary/aromatic N) is 2. The van der Waals surface area contributed by atoms with E-state index in [4.69, 9.17) is 16.7 Å². The van der Waals surface area contributed by atoms with Crippen LogP contribution in [0.3, 0.4) is 0 Å². The fraction of sp³-hybridized carbons (Fsp3) is 0.333. The molecule has 0 unspecified atom stereocenters. The second-order valence-electron chi connectivity index (χ2n) is 6.51. The standard InChI is InChI=1S/C19H17ClFN3O2.C2H6/c20-15-3-2-13(24-7-5-11(6-8-24)19(25)26)10-14(15)18-22-16-4-1-12(21)9-17(16)23-18;1-2/h1-4,9-11H,5-8H2,(H,22,23)(H,25,26);1-2H3. The third-order valence-corrected chi connectivity index (χ3v) is 5.19. The third-order valence-electron chi connectivity index (χ3n) is 4.86. The molecule has 0 atom stereocenters. The SMILES string of the molecule is CC.O=C(O)C1CCN(c2ccc(Cl)c(-c3nc4ccc(F)cc4[nH]3)c2)CC1. The van der Waals surface area contributed by atoms with Gasteiger partial charge in [0.25, 0.3) is 0 Å². The average molecular weight is 404 g/mol. The third kappa shape index (κ3) is 4.12. The number of fused-ring (bicyclic) bond motifs is 1. The van der Waals surface area contributed by atoms with Crippen molar-refractivity contribution in [2.24, 2.45) is 5.92 Å². The molecule has 0 saturated carbocycles. The summed E-state index contributed by atoms with van der Waals surface area (Å²) in [6.45, 7) is 5.37. The van der Waals surface area contributed by atoms with Gasteiger partial charge < -0.3 is 15.0 Å². The lowest BCUT2D eigenvalue weighted by Gasteiger charge is -2.32. The largest absolute Gasteiger partial charge is 0.481 e. The normalized spacial score (nSPS) is 14.6. The van der Waals surface area contributed by atoms with E-state index in [2.05, 4.69) is 14.9 Å². The molecule has 4 rings (SSSR count). The van der Waals surface area contributed by atoms with Crippen molar-refractivity contribution in [3.63, 3.8) is 0 Å². The molecule has 7 heteroatoms. The van der Waals surface area contributed by atoms with Crippen molar-refractivity contribution in [3.8, 4) is 11.4 Å². The Balaban J connectivity index is 0.00000109. The quantitative estimate of drug-likeness (QED) is 0.618. The Hall–Kier alpha value is -2.60. The molecule has 3 aromatic rings. The number of H-pyrrole nitrogens is 1. The molecule has 28 heavy (non-hydrogen) atoms. The highest BCUT2D eigenvalue weighted by Crippen LogP contribution is 2.33. The minimum Gasteiger partial charge on any atom is -0.481 e. The summed E-state index contributed by atoms with van der Waals surface area (Å²) in [4.78, 5) is 20.9. The number of benzene rings is 2. The first-order chi connectivity index (χ1) is 13.5. The number of nitrogens with one attached hydrogen (secondary N) is 1. The molecule has 0 radical (unpaired) electrons. The topological polar surface area (TPSA) is 69.2 Å². The van der Waals surface area contributed by atoms with Gasteiger partial charge in [0.1, 0.15) is 11.6 Å². The molecule has 148 valence electrons. The molecule has 1 aliphatic rings. The van der Waals surface area contributed by atoms with Crippen molar-refractivity contribution in [2.45, 2.75) is 26.7 Å². The Bertz CT molecular complexity index is 981. The van der Waals surface area contributed by atoms with Gasteiger partial charge in [-0.15, -0.1) is 0 Å². The van der Waals surface area contributed by atoms with E-state index in [0.717, 1.165) is 11.3 Å². The second kappa shape index (κ2) is 8.61. The molecule has 2 aromatic carbocycles. The maximum Gasteiger partial charge on any atom is 0.306 e. The number of hydrogen-bond acceptors (Lipinski definition) is 3. The molecule has 1 saturated heterocycles. The van der Waals surface area contributed by atoms with Gasteiger partial charge in [-0.2, -0.15) is 0 Å². The van der Waals surface area contributed by atoms with Crippen LogP contribution in [-0.4, -0.2) is 34.1 Å². The summed E-state index contributed by atoms with van der Waals surface area (Å²) in [6.07, 6.45) is 1.24.